The molecule has 2 aliphatic rings. The van der Waals surface area contributed by atoms with Gasteiger partial charge < -0.3 is 40.1 Å². The van der Waals surface area contributed by atoms with E-state index >= 15 is 0 Å². The van der Waals surface area contributed by atoms with Crippen LogP contribution in [0.5, 0.6) is 5.75 Å². The molecule has 3 N–H and O–H groups in total. The van der Waals surface area contributed by atoms with E-state index in [4.69, 9.17) is 9.47 Å². The maximum absolute atomic E-state index is 14.8. The minimum absolute atomic E-state index is 0.0117. The minimum Gasteiger partial charge on any atom is -0.494 e. The summed E-state index contributed by atoms with van der Waals surface area (Å²) in [6.45, 7) is 6.87. The van der Waals surface area contributed by atoms with Crippen LogP contribution >= 0.6 is 0 Å². The number of benzene rings is 2. The molecule has 0 aliphatic carbocycles. The lowest BCUT2D eigenvalue weighted by atomic mass is 9.94. The molecule has 13 heteroatoms. The van der Waals surface area contributed by atoms with Gasteiger partial charge in [0, 0.05) is 62.2 Å². The predicted molar refractivity (Wildman–Crippen MR) is 176 cm³/mol. The van der Waals surface area contributed by atoms with Crippen molar-refractivity contribution >= 4 is 29.1 Å². The molecule has 0 spiro atoms. The van der Waals surface area contributed by atoms with Gasteiger partial charge >= 0.3 is 0 Å². The van der Waals surface area contributed by atoms with E-state index in [0.717, 1.165) is 12.1 Å². The maximum Gasteiger partial charge on any atom is 0.270 e. The zero-order valence-electron chi connectivity index (χ0n) is 28.0. The number of hydrogen-bond acceptors (Lipinski definition) is 8. The molecule has 0 bridgehead atoms. The number of piperidine rings is 1. The molecule has 4 rings (SSSR count). The van der Waals surface area contributed by atoms with Crippen molar-refractivity contribution in [2.75, 3.05) is 73.0 Å². The molecule has 0 radical (unpaired) electrons. The van der Waals surface area contributed by atoms with Gasteiger partial charge in [0.25, 0.3) is 11.8 Å². The van der Waals surface area contributed by atoms with Gasteiger partial charge in [-0.15, -0.1) is 0 Å². The fourth-order valence-corrected chi connectivity index (χ4v) is 5.69. The third-order valence-electron chi connectivity index (χ3n) is 8.86. The Kier molecular flexibility index (Phi) is 11.8. The third kappa shape index (κ3) is 8.02. The predicted octanol–water partition coefficient (Wildman–Crippen LogP) is 3.27. The first-order valence-electron chi connectivity index (χ1n) is 15.9. The van der Waals surface area contributed by atoms with Crippen molar-refractivity contribution in [3.05, 3.63) is 64.9 Å². The number of aryl methyl sites for hydroxylation is 1. The highest BCUT2D eigenvalue weighted by molar-refractivity contribution is 6.01. The van der Waals surface area contributed by atoms with E-state index in [0.29, 0.717) is 69.1 Å². The molecule has 2 aromatic carbocycles. The molecule has 2 aliphatic heterocycles. The highest BCUT2D eigenvalue weighted by atomic mass is 19.2. The van der Waals surface area contributed by atoms with Crippen molar-refractivity contribution in [1.29, 1.82) is 0 Å². The lowest BCUT2D eigenvalue weighted by Crippen LogP contribution is -2.56. The number of likely N-dealkylation sites (tertiary alicyclic amines) is 1. The van der Waals surface area contributed by atoms with Gasteiger partial charge in [-0.1, -0.05) is 6.92 Å². The van der Waals surface area contributed by atoms with Gasteiger partial charge in [-0.2, -0.15) is 4.39 Å². The highest BCUT2D eigenvalue weighted by Crippen LogP contribution is 2.34. The monoisotopic (exact) mass is 656 g/mol. The van der Waals surface area contributed by atoms with Gasteiger partial charge in [-0.25, -0.2) is 4.39 Å². The number of likely N-dealkylation sites (N-methyl/N-ethyl adjacent to an activating group) is 2. The molecule has 0 saturated carbocycles. The summed E-state index contributed by atoms with van der Waals surface area (Å²) >= 11 is 0. The largest absolute Gasteiger partial charge is 0.494 e. The minimum atomic E-state index is -1.31. The van der Waals surface area contributed by atoms with E-state index in [1.54, 1.807) is 37.1 Å². The smallest absolute Gasteiger partial charge is 0.270 e. The van der Waals surface area contributed by atoms with Gasteiger partial charge in [0.15, 0.2) is 17.2 Å². The number of nitrogens with zero attached hydrogens (tertiary/aromatic N) is 3. The summed E-state index contributed by atoms with van der Waals surface area (Å²) in [6, 6.07) is 7.89. The van der Waals surface area contributed by atoms with Crippen LogP contribution in [0.25, 0.3) is 5.70 Å². The van der Waals surface area contributed by atoms with Crippen molar-refractivity contribution in [2.24, 2.45) is 5.92 Å². The van der Waals surface area contributed by atoms with Crippen molar-refractivity contribution in [3.63, 3.8) is 0 Å². The number of halogens is 2. The highest BCUT2D eigenvalue weighted by Gasteiger charge is 2.43. The fraction of sp³-hybridized carbons (Fsp3) is 0.500. The van der Waals surface area contributed by atoms with E-state index in [1.807, 2.05) is 25.9 Å². The second-order valence-corrected chi connectivity index (χ2v) is 12.2. The SMILES string of the molecule is CCc1cc(NC(=O)C2(C)NC=C(c3ccc(OC)c(F)c3F)N2C)ccc1C(=O)N1CCC(C(=O)NCCOCCN(C)C)CC1. The summed E-state index contributed by atoms with van der Waals surface area (Å²) in [7, 11) is 6.82. The molecule has 1 saturated heterocycles. The second-order valence-electron chi connectivity index (χ2n) is 12.2. The quantitative estimate of drug-likeness (QED) is 0.282. The number of hydrogen-bond donors (Lipinski definition) is 3. The fourth-order valence-electron chi connectivity index (χ4n) is 5.69. The van der Waals surface area contributed by atoms with Crippen LogP contribution in [0.1, 0.15) is 48.2 Å². The molecule has 1 unspecified atom stereocenters. The average Bonchev–Trinajstić information content (AvgIpc) is 3.37. The molecular weight excluding hydrogens is 610 g/mol. The second kappa shape index (κ2) is 15.6. The van der Waals surface area contributed by atoms with Crippen molar-refractivity contribution < 1.29 is 32.6 Å². The summed E-state index contributed by atoms with van der Waals surface area (Å²) in [6.07, 6.45) is 3.19. The molecule has 256 valence electrons. The van der Waals surface area contributed by atoms with E-state index in [2.05, 4.69) is 16.0 Å². The molecule has 1 atom stereocenters. The van der Waals surface area contributed by atoms with Crippen LogP contribution in [0.4, 0.5) is 14.5 Å². The normalized spacial score (nSPS) is 18.2. The Morgan fingerprint density at radius 2 is 1.81 bits per heavy atom. The third-order valence-corrected chi connectivity index (χ3v) is 8.86. The first-order chi connectivity index (χ1) is 22.4. The molecule has 0 aromatic heterocycles. The van der Waals surface area contributed by atoms with E-state index < -0.39 is 23.2 Å². The van der Waals surface area contributed by atoms with Gasteiger partial charge in [-0.3, -0.25) is 14.4 Å². The zero-order chi connectivity index (χ0) is 34.3. The summed E-state index contributed by atoms with van der Waals surface area (Å²) in [5, 5.41) is 8.83. The van der Waals surface area contributed by atoms with Crippen LogP contribution in [0.15, 0.2) is 36.5 Å². The standard InChI is InChI=1S/C34H46F2N6O5/c1-7-22-20-24(39-33(45)34(2)38-21-27(41(34)5)26-10-11-28(46-6)30(36)29(26)35)8-9-25(22)32(44)42-15-12-23(13-16-42)31(43)37-14-18-47-19-17-40(3)4/h8-11,20-21,23,38H,7,12-19H2,1-6H3,(H,37,43)(H,39,45). The van der Waals surface area contributed by atoms with Gasteiger partial charge in [-0.05, 0) is 76.2 Å². The van der Waals surface area contributed by atoms with E-state index in [9.17, 15) is 23.2 Å². The number of ether oxygens (including phenoxy) is 2. The number of anilines is 1. The average molecular weight is 657 g/mol. The molecule has 2 heterocycles. The topological polar surface area (TPSA) is 115 Å². The number of amides is 3. The first-order valence-corrected chi connectivity index (χ1v) is 15.9. The van der Waals surface area contributed by atoms with Crippen LogP contribution in [0, 0.1) is 17.6 Å². The Morgan fingerprint density at radius 1 is 1.09 bits per heavy atom. The molecule has 1 fully saturated rings. The van der Waals surface area contributed by atoms with Crippen LogP contribution in [0.3, 0.4) is 0 Å². The Bertz CT molecular complexity index is 1490. The van der Waals surface area contributed by atoms with E-state index in [-0.39, 0.29) is 29.0 Å². The van der Waals surface area contributed by atoms with Gasteiger partial charge in [0.05, 0.1) is 26.0 Å². The van der Waals surface area contributed by atoms with Crippen LogP contribution < -0.4 is 20.7 Å². The number of methoxy groups -OCH3 is 1. The molecule has 47 heavy (non-hydrogen) atoms. The summed E-state index contributed by atoms with van der Waals surface area (Å²) in [5.74, 6) is -3.10. The zero-order valence-corrected chi connectivity index (χ0v) is 28.0. The van der Waals surface area contributed by atoms with Crippen LogP contribution in [0.2, 0.25) is 0 Å². The summed E-state index contributed by atoms with van der Waals surface area (Å²) in [4.78, 5) is 45.0. The number of rotatable bonds is 13. The van der Waals surface area contributed by atoms with Gasteiger partial charge in [0.1, 0.15) is 0 Å². The number of carbonyl (C=O) groups is 3. The summed E-state index contributed by atoms with van der Waals surface area (Å²) in [5.41, 5.74) is 0.783. The Labute approximate surface area is 275 Å². The molecule has 2 aromatic rings. The van der Waals surface area contributed by atoms with Crippen molar-refractivity contribution in [1.82, 2.24) is 25.3 Å². The van der Waals surface area contributed by atoms with Crippen molar-refractivity contribution in [3.8, 4) is 5.75 Å². The number of nitrogens with one attached hydrogen (secondary N) is 3. The molecule has 3 amide bonds. The maximum atomic E-state index is 14.8. The van der Waals surface area contributed by atoms with Crippen LogP contribution in [-0.4, -0.2) is 106 Å². The van der Waals surface area contributed by atoms with E-state index in [1.165, 1.54) is 30.3 Å². The number of carbonyl (C=O) groups excluding carboxylic acids is 3. The molecular formula is C34H46F2N6O5. The Hall–Kier alpha value is -4.23. The van der Waals surface area contributed by atoms with Gasteiger partial charge in [0.2, 0.25) is 11.7 Å². The first kappa shape index (κ1) is 35.6. The van der Waals surface area contributed by atoms with Crippen molar-refractivity contribution in [2.45, 2.75) is 38.8 Å². The summed E-state index contributed by atoms with van der Waals surface area (Å²) < 4.78 is 39.6. The molecule has 11 nitrogen and oxygen atoms in total. The Morgan fingerprint density at radius 3 is 2.47 bits per heavy atom. The Balaban J connectivity index is 1.33. The lowest BCUT2D eigenvalue weighted by molar-refractivity contribution is -0.126. The van der Waals surface area contributed by atoms with Crippen LogP contribution in [-0.2, 0) is 20.7 Å². The lowest BCUT2D eigenvalue weighted by Gasteiger charge is -2.34.